The standard InChI is InChI=1S/C15H19NO4/c1-14(13(19)20,11-5-3-2-4-6-11)9-12(18)16-15(10-17)7-8-15/h2-6,17H,7-10H2,1H3,(H,16,18)(H,19,20). The molecule has 2 rings (SSSR count). The fraction of sp³-hybridized carbons (Fsp3) is 0.467. The minimum absolute atomic E-state index is 0.103. The maximum absolute atomic E-state index is 12.1. The van der Waals surface area contributed by atoms with E-state index in [2.05, 4.69) is 5.32 Å². The van der Waals surface area contributed by atoms with E-state index in [-0.39, 0.29) is 18.9 Å². The molecule has 20 heavy (non-hydrogen) atoms. The van der Waals surface area contributed by atoms with Gasteiger partial charge in [-0.25, -0.2) is 0 Å². The van der Waals surface area contributed by atoms with Crippen LogP contribution in [0.1, 0.15) is 31.7 Å². The van der Waals surface area contributed by atoms with Gasteiger partial charge in [0.05, 0.1) is 17.6 Å². The zero-order chi connectivity index (χ0) is 14.8. The number of benzene rings is 1. The van der Waals surface area contributed by atoms with Crippen LogP contribution in [0.15, 0.2) is 30.3 Å². The molecule has 5 nitrogen and oxygen atoms in total. The number of aliphatic hydroxyl groups excluding tert-OH is 1. The molecule has 1 fully saturated rings. The lowest BCUT2D eigenvalue weighted by atomic mass is 9.79. The van der Waals surface area contributed by atoms with E-state index in [0.29, 0.717) is 5.56 Å². The van der Waals surface area contributed by atoms with Gasteiger partial charge in [-0.2, -0.15) is 0 Å². The van der Waals surface area contributed by atoms with Gasteiger partial charge in [0, 0.05) is 6.42 Å². The first-order valence-electron chi connectivity index (χ1n) is 6.63. The van der Waals surface area contributed by atoms with Gasteiger partial charge in [0.15, 0.2) is 0 Å². The number of rotatable bonds is 6. The van der Waals surface area contributed by atoms with Crippen LogP contribution in [0.25, 0.3) is 0 Å². The van der Waals surface area contributed by atoms with Crippen LogP contribution in [-0.2, 0) is 15.0 Å². The molecule has 0 heterocycles. The third-order valence-corrected chi connectivity index (χ3v) is 3.96. The van der Waals surface area contributed by atoms with Crippen molar-refractivity contribution in [2.45, 2.75) is 37.1 Å². The first-order chi connectivity index (χ1) is 9.42. The molecule has 3 N–H and O–H groups in total. The van der Waals surface area contributed by atoms with Crippen LogP contribution in [0.5, 0.6) is 0 Å². The van der Waals surface area contributed by atoms with Gasteiger partial charge in [-0.05, 0) is 25.3 Å². The Kier molecular flexibility index (Phi) is 3.81. The van der Waals surface area contributed by atoms with Crippen molar-refractivity contribution >= 4 is 11.9 Å². The number of carboxylic acids is 1. The van der Waals surface area contributed by atoms with Crippen molar-refractivity contribution in [3.8, 4) is 0 Å². The van der Waals surface area contributed by atoms with Crippen molar-refractivity contribution < 1.29 is 19.8 Å². The minimum atomic E-state index is -1.27. The molecule has 0 radical (unpaired) electrons. The van der Waals surface area contributed by atoms with Crippen LogP contribution in [-0.4, -0.2) is 34.2 Å². The predicted octanol–water partition coefficient (Wildman–Crippen LogP) is 1.06. The summed E-state index contributed by atoms with van der Waals surface area (Å²) in [4.78, 5) is 23.6. The number of carboxylic acid groups (broad SMARTS) is 1. The molecule has 0 saturated heterocycles. The van der Waals surface area contributed by atoms with Crippen LogP contribution < -0.4 is 5.32 Å². The highest BCUT2D eigenvalue weighted by Crippen LogP contribution is 2.35. The number of carbonyl (C=O) groups is 2. The van der Waals surface area contributed by atoms with Gasteiger partial charge in [0.25, 0.3) is 0 Å². The molecule has 1 amide bonds. The van der Waals surface area contributed by atoms with Crippen LogP contribution in [0.2, 0.25) is 0 Å². The van der Waals surface area contributed by atoms with Gasteiger partial charge in [0.2, 0.25) is 5.91 Å². The lowest BCUT2D eigenvalue weighted by molar-refractivity contribution is -0.145. The van der Waals surface area contributed by atoms with E-state index in [1.807, 2.05) is 0 Å². The largest absolute Gasteiger partial charge is 0.481 e. The highest BCUT2D eigenvalue weighted by Gasteiger charge is 2.45. The van der Waals surface area contributed by atoms with Crippen LogP contribution in [0, 0.1) is 0 Å². The van der Waals surface area contributed by atoms with Gasteiger partial charge in [-0.1, -0.05) is 30.3 Å². The Labute approximate surface area is 117 Å². The molecule has 1 aliphatic rings. The van der Waals surface area contributed by atoms with Crippen molar-refractivity contribution in [3.05, 3.63) is 35.9 Å². The van der Waals surface area contributed by atoms with Gasteiger partial charge in [-0.3, -0.25) is 9.59 Å². The summed E-state index contributed by atoms with van der Waals surface area (Å²) in [6.07, 6.45) is 1.34. The van der Waals surface area contributed by atoms with Gasteiger partial charge >= 0.3 is 5.97 Å². The molecule has 0 bridgehead atoms. The number of hydrogen-bond acceptors (Lipinski definition) is 3. The van der Waals surface area contributed by atoms with Gasteiger partial charge < -0.3 is 15.5 Å². The summed E-state index contributed by atoms with van der Waals surface area (Å²) in [5.41, 5.74) is -1.19. The topological polar surface area (TPSA) is 86.6 Å². The molecule has 0 aromatic heterocycles. The van der Waals surface area contributed by atoms with Gasteiger partial charge in [-0.15, -0.1) is 0 Å². The third-order valence-electron chi connectivity index (χ3n) is 3.96. The van der Waals surface area contributed by atoms with Crippen LogP contribution in [0.3, 0.4) is 0 Å². The zero-order valence-corrected chi connectivity index (χ0v) is 11.4. The van der Waals surface area contributed by atoms with Crippen molar-refractivity contribution in [3.63, 3.8) is 0 Å². The summed E-state index contributed by atoms with van der Waals surface area (Å²) in [5.74, 6) is -1.38. The lowest BCUT2D eigenvalue weighted by Gasteiger charge is -2.26. The normalized spacial score (nSPS) is 18.9. The van der Waals surface area contributed by atoms with E-state index < -0.39 is 16.9 Å². The highest BCUT2D eigenvalue weighted by atomic mass is 16.4. The Bertz CT molecular complexity index is 510. The molecular formula is C15H19NO4. The number of aliphatic carboxylic acids is 1. The fourth-order valence-corrected chi connectivity index (χ4v) is 2.24. The molecule has 1 saturated carbocycles. The molecule has 0 spiro atoms. The zero-order valence-electron chi connectivity index (χ0n) is 11.4. The molecular weight excluding hydrogens is 258 g/mol. The summed E-state index contributed by atoms with van der Waals surface area (Å²) >= 11 is 0. The summed E-state index contributed by atoms with van der Waals surface area (Å²) in [5, 5.41) is 21.4. The maximum atomic E-state index is 12.1. The third kappa shape index (κ3) is 2.82. The molecule has 1 atom stereocenters. The number of nitrogens with one attached hydrogen (secondary N) is 1. The molecule has 1 aromatic rings. The molecule has 1 aromatic carbocycles. The average molecular weight is 277 g/mol. The monoisotopic (exact) mass is 277 g/mol. The number of carbonyl (C=O) groups excluding carboxylic acids is 1. The first kappa shape index (κ1) is 14.5. The number of hydrogen-bond donors (Lipinski definition) is 3. The second kappa shape index (κ2) is 5.25. The summed E-state index contributed by atoms with van der Waals surface area (Å²) in [6.45, 7) is 1.44. The molecule has 0 aliphatic heterocycles. The SMILES string of the molecule is CC(CC(=O)NC1(CO)CC1)(C(=O)O)c1ccccc1. The average Bonchev–Trinajstić information content (AvgIpc) is 3.19. The summed E-state index contributed by atoms with van der Waals surface area (Å²) in [6, 6.07) is 8.73. The Balaban J connectivity index is 2.14. The van der Waals surface area contributed by atoms with Gasteiger partial charge in [0.1, 0.15) is 0 Å². The van der Waals surface area contributed by atoms with E-state index in [1.165, 1.54) is 0 Å². The van der Waals surface area contributed by atoms with E-state index in [0.717, 1.165) is 12.8 Å². The predicted molar refractivity (Wildman–Crippen MR) is 73.2 cm³/mol. The van der Waals surface area contributed by atoms with Crippen molar-refractivity contribution in [2.24, 2.45) is 0 Å². The van der Waals surface area contributed by atoms with Crippen LogP contribution >= 0.6 is 0 Å². The molecule has 5 heteroatoms. The van der Waals surface area contributed by atoms with Crippen molar-refractivity contribution in [1.82, 2.24) is 5.32 Å². The quantitative estimate of drug-likeness (QED) is 0.725. The molecule has 108 valence electrons. The second-order valence-electron chi connectivity index (χ2n) is 5.67. The smallest absolute Gasteiger partial charge is 0.314 e. The Morgan fingerprint density at radius 1 is 1.30 bits per heavy atom. The van der Waals surface area contributed by atoms with Crippen molar-refractivity contribution in [2.75, 3.05) is 6.61 Å². The maximum Gasteiger partial charge on any atom is 0.314 e. The Hall–Kier alpha value is -1.88. The van der Waals surface area contributed by atoms with Crippen molar-refractivity contribution in [1.29, 1.82) is 0 Å². The Morgan fingerprint density at radius 2 is 1.90 bits per heavy atom. The van der Waals surface area contributed by atoms with Crippen LogP contribution in [0.4, 0.5) is 0 Å². The highest BCUT2D eigenvalue weighted by molar-refractivity contribution is 5.89. The first-order valence-corrected chi connectivity index (χ1v) is 6.63. The lowest BCUT2D eigenvalue weighted by Crippen LogP contribution is -2.44. The number of amides is 1. The molecule has 1 aliphatic carbocycles. The minimum Gasteiger partial charge on any atom is -0.481 e. The second-order valence-corrected chi connectivity index (χ2v) is 5.67. The van der Waals surface area contributed by atoms with E-state index >= 15 is 0 Å². The Morgan fingerprint density at radius 3 is 2.35 bits per heavy atom. The summed E-state index contributed by atoms with van der Waals surface area (Å²) in [7, 11) is 0. The number of aliphatic hydroxyl groups is 1. The van der Waals surface area contributed by atoms with E-state index in [9.17, 15) is 19.8 Å². The summed E-state index contributed by atoms with van der Waals surface area (Å²) < 4.78 is 0. The fourth-order valence-electron chi connectivity index (χ4n) is 2.24. The van der Waals surface area contributed by atoms with E-state index in [4.69, 9.17) is 0 Å². The van der Waals surface area contributed by atoms with E-state index in [1.54, 1.807) is 37.3 Å². The molecule has 1 unspecified atom stereocenters.